The molecule has 5 nitrogen and oxygen atoms in total. The van der Waals surface area contributed by atoms with E-state index in [0.717, 1.165) is 19.3 Å². The minimum atomic E-state index is -0.798. The lowest BCUT2D eigenvalue weighted by molar-refractivity contribution is -0.139. The Balaban J connectivity index is 2.14. The van der Waals surface area contributed by atoms with Gasteiger partial charge in [0.15, 0.2) is 0 Å². The van der Waals surface area contributed by atoms with Gasteiger partial charge in [-0.15, -0.1) is 0 Å². The fourth-order valence-electron chi connectivity index (χ4n) is 3.48. The predicted octanol–water partition coefficient (Wildman–Crippen LogP) is 5.31. The van der Waals surface area contributed by atoms with Crippen LogP contribution in [0.2, 0.25) is 10.0 Å². The van der Waals surface area contributed by atoms with Crippen LogP contribution in [0, 0.1) is 0 Å². The number of rotatable bonds is 6. The van der Waals surface area contributed by atoms with Crippen LogP contribution in [-0.2, 0) is 9.59 Å². The maximum Gasteiger partial charge on any atom is 0.295 e. The molecule has 0 bridgehead atoms. The van der Waals surface area contributed by atoms with Crippen molar-refractivity contribution in [3.63, 3.8) is 0 Å². The summed E-state index contributed by atoms with van der Waals surface area (Å²) >= 11 is 12.0. The van der Waals surface area contributed by atoms with Gasteiger partial charge >= 0.3 is 0 Å². The van der Waals surface area contributed by atoms with E-state index in [1.807, 2.05) is 6.92 Å². The molecular weight excluding hydrogens is 413 g/mol. The number of nitrogens with zero attached hydrogens (tertiary/aromatic N) is 1. The second-order valence-corrected chi connectivity index (χ2v) is 7.74. The van der Waals surface area contributed by atoms with E-state index in [0.29, 0.717) is 17.1 Å². The number of aliphatic hydroxyl groups excluding tert-OH is 1. The van der Waals surface area contributed by atoms with E-state index in [-0.39, 0.29) is 27.7 Å². The summed E-state index contributed by atoms with van der Waals surface area (Å²) in [6.07, 6.45) is 2.60. The van der Waals surface area contributed by atoms with Gasteiger partial charge in [0.25, 0.3) is 11.7 Å². The minimum absolute atomic E-state index is 0.0104. The first-order chi connectivity index (χ1) is 13.8. The van der Waals surface area contributed by atoms with E-state index in [9.17, 15) is 19.8 Å². The van der Waals surface area contributed by atoms with Gasteiger partial charge in [0.1, 0.15) is 11.5 Å². The average molecular weight is 434 g/mol. The number of halogens is 2. The summed E-state index contributed by atoms with van der Waals surface area (Å²) in [5.74, 6) is -1.75. The number of benzene rings is 2. The summed E-state index contributed by atoms with van der Waals surface area (Å²) in [5, 5.41) is 21.4. The van der Waals surface area contributed by atoms with Gasteiger partial charge in [-0.2, -0.15) is 0 Å². The molecule has 2 aromatic carbocycles. The molecule has 1 saturated heterocycles. The highest BCUT2D eigenvalue weighted by molar-refractivity contribution is 6.46. The molecule has 1 atom stereocenters. The van der Waals surface area contributed by atoms with Crippen molar-refractivity contribution in [2.24, 2.45) is 0 Å². The van der Waals surface area contributed by atoms with Crippen LogP contribution < -0.4 is 0 Å². The number of aromatic hydroxyl groups is 1. The average Bonchev–Trinajstić information content (AvgIpc) is 2.94. The van der Waals surface area contributed by atoms with Crippen molar-refractivity contribution in [1.29, 1.82) is 0 Å². The molecule has 2 N–H and O–H groups in total. The second kappa shape index (κ2) is 8.89. The van der Waals surface area contributed by atoms with Crippen LogP contribution in [0.25, 0.3) is 5.76 Å². The molecule has 1 amide bonds. The quantitative estimate of drug-likeness (QED) is 0.280. The lowest BCUT2D eigenvalue weighted by Gasteiger charge is -2.25. The molecule has 7 heteroatoms. The van der Waals surface area contributed by atoms with Gasteiger partial charge in [-0.1, -0.05) is 55.1 Å². The molecule has 1 heterocycles. The Morgan fingerprint density at radius 2 is 1.83 bits per heavy atom. The number of amides is 1. The summed E-state index contributed by atoms with van der Waals surface area (Å²) in [5.41, 5.74) is 0.800. The predicted molar refractivity (Wildman–Crippen MR) is 113 cm³/mol. The Morgan fingerprint density at radius 1 is 1.07 bits per heavy atom. The number of Topliss-reactive ketones (excluding diaryl/α,β-unsaturated/α-hetero) is 1. The Bertz CT molecular complexity index is 987. The molecule has 0 spiro atoms. The maximum absolute atomic E-state index is 12.9. The zero-order chi connectivity index (χ0) is 21.1. The first-order valence-corrected chi connectivity index (χ1v) is 10.1. The topological polar surface area (TPSA) is 77.8 Å². The lowest BCUT2D eigenvalue weighted by atomic mass is 9.95. The van der Waals surface area contributed by atoms with Gasteiger partial charge in [-0.3, -0.25) is 9.59 Å². The number of carbonyl (C=O) groups excluding carboxylic acids is 2. The fraction of sp³-hybridized carbons (Fsp3) is 0.273. The number of phenolic OH excluding ortho intramolecular Hbond substituents is 1. The first kappa shape index (κ1) is 21.2. The number of unbranched alkanes of at least 4 members (excludes halogenated alkanes) is 2. The van der Waals surface area contributed by atoms with Crippen molar-refractivity contribution in [3.8, 4) is 5.75 Å². The molecule has 1 fully saturated rings. The van der Waals surface area contributed by atoms with Crippen LogP contribution >= 0.6 is 23.2 Å². The molecule has 29 heavy (non-hydrogen) atoms. The van der Waals surface area contributed by atoms with Crippen molar-refractivity contribution < 1.29 is 19.8 Å². The van der Waals surface area contributed by atoms with E-state index < -0.39 is 17.7 Å². The lowest BCUT2D eigenvalue weighted by Crippen LogP contribution is -2.30. The van der Waals surface area contributed by atoms with Crippen molar-refractivity contribution in [3.05, 3.63) is 69.2 Å². The van der Waals surface area contributed by atoms with Gasteiger partial charge in [-0.05, 0) is 42.3 Å². The summed E-state index contributed by atoms with van der Waals surface area (Å²) in [4.78, 5) is 27.1. The van der Waals surface area contributed by atoms with Crippen LogP contribution in [0.15, 0.2) is 48.0 Å². The summed E-state index contributed by atoms with van der Waals surface area (Å²) in [6.45, 7) is 2.42. The second-order valence-electron chi connectivity index (χ2n) is 6.92. The number of carbonyl (C=O) groups is 2. The zero-order valence-corrected chi connectivity index (χ0v) is 17.4. The summed E-state index contributed by atoms with van der Waals surface area (Å²) < 4.78 is 0. The molecule has 0 aliphatic carbocycles. The molecule has 0 radical (unpaired) electrons. The Kier molecular flexibility index (Phi) is 6.50. The van der Waals surface area contributed by atoms with Crippen molar-refractivity contribution in [2.75, 3.05) is 6.54 Å². The summed E-state index contributed by atoms with van der Waals surface area (Å²) in [6, 6.07) is 10.0. The number of likely N-dealkylation sites (tertiary alicyclic amines) is 1. The highest BCUT2D eigenvalue weighted by Gasteiger charge is 2.45. The van der Waals surface area contributed by atoms with E-state index in [2.05, 4.69) is 0 Å². The van der Waals surface area contributed by atoms with Gasteiger partial charge < -0.3 is 15.1 Å². The third kappa shape index (κ3) is 4.26. The van der Waals surface area contributed by atoms with Crippen LogP contribution in [0.3, 0.4) is 0 Å². The molecule has 1 unspecified atom stereocenters. The third-order valence-corrected chi connectivity index (χ3v) is 5.66. The normalized spacial score (nSPS) is 18.4. The number of phenols is 1. The molecular formula is C22H21Cl2NO4. The highest BCUT2D eigenvalue weighted by Crippen LogP contribution is 2.40. The zero-order valence-electron chi connectivity index (χ0n) is 15.9. The number of hydrogen-bond acceptors (Lipinski definition) is 4. The largest absolute Gasteiger partial charge is 0.508 e. The van der Waals surface area contributed by atoms with E-state index in [4.69, 9.17) is 23.2 Å². The standard InChI is InChI=1S/C22H21Cl2NO4/c1-2-3-4-10-25-19(13-6-5-7-15(26)11-13)18(21(28)22(25)29)20(27)14-8-9-16(23)17(24)12-14/h5-9,11-12,19,26-27H,2-4,10H2,1H3/b20-18-. The van der Waals surface area contributed by atoms with Crippen LogP contribution in [-0.4, -0.2) is 33.3 Å². The maximum atomic E-state index is 12.9. The van der Waals surface area contributed by atoms with Crippen molar-refractivity contribution >= 4 is 40.7 Å². The highest BCUT2D eigenvalue weighted by atomic mass is 35.5. The van der Waals surface area contributed by atoms with Crippen LogP contribution in [0.5, 0.6) is 5.75 Å². The van der Waals surface area contributed by atoms with E-state index in [1.165, 1.54) is 35.2 Å². The van der Waals surface area contributed by atoms with Crippen molar-refractivity contribution in [1.82, 2.24) is 4.90 Å². The molecule has 0 saturated carbocycles. The van der Waals surface area contributed by atoms with Gasteiger partial charge in [-0.25, -0.2) is 0 Å². The monoisotopic (exact) mass is 433 g/mol. The third-order valence-electron chi connectivity index (χ3n) is 4.92. The number of ketones is 1. The number of hydrogen-bond donors (Lipinski definition) is 2. The smallest absolute Gasteiger partial charge is 0.295 e. The van der Waals surface area contributed by atoms with Crippen LogP contribution in [0.4, 0.5) is 0 Å². The van der Waals surface area contributed by atoms with Gasteiger partial charge in [0.05, 0.1) is 21.7 Å². The van der Waals surface area contributed by atoms with Crippen LogP contribution in [0.1, 0.15) is 43.4 Å². The van der Waals surface area contributed by atoms with Gasteiger partial charge in [0.2, 0.25) is 0 Å². The first-order valence-electron chi connectivity index (χ1n) is 9.38. The summed E-state index contributed by atoms with van der Waals surface area (Å²) in [7, 11) is 0. The van der Waals surface area contributed by atoms with E-state index >= 15 is 0 Å². The molecule has 152 valence electrons. The molecule has 2 aromatic rings. The Labute approximate surface area is 179 Å². The fourth-order valence-corrected chi connectivity index (χ4v) is 3.78. The molecule has 3 rings (SSSR count). The number of aliphatic hydroxyl groups is 1. The van der Waals surface area contributed by atoms with E-state index in [1.54, 1.807) is 12.1 Å². The minimum Gasteiger partial charge on any atom is -0.508 e. The molecule has 0 aromatic heterocycles. The van der Waals surface area contributed by atoms with Gasteiger partial charge in [0, 0.05) is 12.1 Å². The molecule has 1 aliphatic heterocycles. The SMILES string of the molecule is CCCCCN1C(=O)C(=O)/C(=C(\O)c2ccc(Cl)c(Cl)c2)C1c1cccc(O)c1. The Hall–Kier alpha value is -2.50. The molecule has 1 aliphatic rings. The van der Waals surface area contributed by atoms with Crippen molar-refractivity contribution in [2.45, 2.75) is 32.2 Å². The Morgan fingerprint density at radius 3 is 2.48 bits per heavy atom.